The minimum absolute atomic E-state index is 0.103. The molecule has 0 bridgehead atoms. The average Bonchev–Trinajstić information content (AvgIpc) is 3.62. The van der Waals surface area contributed by atoms with Crippen molar-refractivity contribution >= 4 is 68.9 Å². The van der Waals surface area contributed by atoms with Gasteiger partial charge in [-0.05, 0) is 73.5 Å². The van der Waals surface area contributed by atoms with E-state index in [1.165, 1.54) is 16.7 Å². The van der Waals surface area contributed by atoms with E-state index in [0.717, 1.165) is 16.9 Å². The fourth-order valence-electron chi connectivity index (χ4n) is 4.74. The number of aromatic nitrogens is 2. The Morgan fingerprint density at radius 3 is 2.46 bits per heavy atom. The van der Waals surface area contributed by atoms with E-state index in [0.29, 0.717) is 61.7 Å². The molecule has 3 aromatic carbocycles. The molecule has 1 aliphatic rings. The number of ketones is 1. The quantitative estimate of drug-likeness (QED) is 0.0370. The summed E-state index contributed by atoms with van der Waals surface area (Å²) < 4.78 is 17.7. The molecule has 4 aromatic rings. The summed E-state index contributed by atoms with van der Waals surface area (Å²) in [6.07, 6.45) is 1.61. The summed E-state index contributed by atoms with van der Waals surface area (Å²) in [5.41, 5.74) is 1.59. The van der Waals surface area contributed by atoms with Crippen molar-refractivity contribution < 1.29 is 28.9 Å². The van der Waals surface area contributed by atoms with Gasteiger partial charge in [0.1, 0.15) is 18.1 Å². The smallest absolute Gasteiger partial charge is 0.301 e. The first-order valence-electron chi connectivity index (χ1n) is 14.2. The lowest BCUT2D eigenvalue weighted by atomic mass is 9.95. The van der Waals surface area contributed by atoms with E-state index >= 15 is 0 Å². The number of anilines is 1. The first kappa shape index (κ1) is 33.3. The topological polar surface area (TPSA) is 111 Å². The highest BCUT2D eigenvalue weighted by molar-refractivity contribution is 8.00. The molecule has 1 aliphatic heterocycles. The second-order valence-electron chi connectivity index (χ2n) is 9.74. The second kappa shape index (κ2) is 15.0. The van der Waals surface area contributed by atoms with Crippen molar-refractivity contribution in [2.45, 2.75) is 30.0 Å². The fraction of sp³-hybridized carbons (Fsp3) is 0.212. The van der Waals surface area contributed by atoms with E-state index in [-0.39, 0.29) is 23.1 Å². The lowest BCUT2D eigenvalue weighted by molar-refractivity contribution is -0.132. The highest BCUT2D eigenvalue weighted by Crippen LogP contribution is 2.46. The molecule has 9 nitrogen and oxygen atoms in total. The summed E-state index contributed by atoms with van der Waals surface area (Å²) >= 11 is 14.9. The van der Waals surface area contributed by atoms with Crippen LogP contribution >= 0.6 is 46.3 Å². The predicted octanol–water partition coefficient (Wildman–Crippen LogP) is 8.13. The van der Waals surface area contributed by atoms with Crippen LogP contribution in [0.1, 0.15) is 36.6 Å². The van der Waals surface area contributed by atoms with E-state index in [9.17, 15) is 14.7 Å². The molecule has 0 spiro atoms. The van der Waals surface area contributed by atoms with Crippen LogP contribution in [-0.4, -0.2) is 46.8 Å². The Morgan fingerprint density at radius 2 is 1.76 bits per heavy atom. The lowest BCUT2D eigenvalue weighted by Gasteiger charge is -2.23. The first-order chi connectivity index (χ1) is 22.2. The molecule has 46 heavy (non-hydrogen) atoms. The minimum atomic E-state index is -1.05. The van der Waals surface area contributed by atoms with Crippen molar-refractivity contribution in [3.63, 3.8) is 0 Å². The van der Waals surface area contributed by atoms with E-state index in [2.05, 4.69) is 16.8 Å². The van der Waals surface area contributed by atoms with Crippen LogP contribution in [0.4, 0.5) is 5.13 Å². The third-order valence-electron chi connectivity index (χ3n) is 6.79. The highest BCUT2D eigenvalue weighted by atomic mass is 35.5. The third kappa shape index (κ3) is 7.18. The number of rotatable bonds is 13. The van der Waals surface area contributed by atoms with E-state index in [1.54, 1.807) is 60.7 Å². The largest absolute Gasteiger partial charge is 0.507 e. The Labute approximate surface area is 284 Å². The van der Waals surface area contributed by atoms with Crippen LogP contribution in [-0.2, 0) is 15.3 Å². The monoisotopic (exact) mass is 697 g/mol. The van der Waals surface area contributed by atoms with Gasteiger partial charge in [0.15, 0.2) is 15.8 Å². The van der Waals surface area contributed by atoms with Crippen molar-refractivity contribution in [2.75, 3.05) is 24.7 Å². The number of ether oxygens (including phenoxy) is 3. The van der Waals surface area contributed by atoms with Crippen LogP contribution in [0.5, 0.6) is 17.2 Å². The molecule has 2 heterocycles. The summed E-state index contributed by atoms with van der Waals surface area (Å²) in [6.45, 7) is 8.46. The third-order valence-corrected chi connectivity index (χ3v) is 9.48. The summed E-state index contributed by atoms with van der Waals surface area (Å²) in [5, 5.41) is 21.3. The van der Waals surface area contributed by atoms with Gasteiger partial charge < -0.3 is 19.3 Å². The van der Waals surface area contributed by atoms with Gasteiger partial charge in [0, 0.05) is 21.4 Å². The minimum Gasteiger partial charge on any atom is -0.507 e. The normalized spacial score (nSPS) is 15.7. The number of carbonyl (C=O) groups excluding carboxylic acids is 2. The summed E-state index contributed by atoms with van der Waals surface area (Å²) in [4.78, 5) is 28.6. The SMILES string of the molecule is C=CCOc1ccc(C2C(=C(O)c3ccc(OCC)cc3)C(=O)C(=O)N2c2nnc(SCc3ccc(Cl)cc3Cl)s2)cc1OCC. The Balaban J connectivity index is 1.57. The lowest BCUT2D eigenvalue weighted by Crippen LogP contribution is -2.29. The zero-order chi connectivity index (χ0) is 32.8. The van der Waals surface area contributed by atoms with Crippen LogP contribution < -0.4 is 19.1 Å². The van der Waals surface area contributed by atoms with Gasteiger partial charge in [-0.1, -0.05) is 71.1 Å². The van der Waals surface area contributed by atoms with Gasteiger partial charge in [-0.15, -0.1) is 10.2 Å². The fourth-order valence-corrected chi connectivity index (χ4v) is 7.17. The molecule has 1 aromatic heterocycles. The number of carbonyl (C=O) groups is 2. The first-order valence-corrected chi connectivity index (χ1v) is 16.8. The Morgan fingerprint density at radius 1 is 1.00 bits per heavy atom. The molecule has 1 saturated heterocycles. The maximum absolute atomic E-state index is 13.7. The maximum Gasteiger partial charge on any atom is 0.301 e. The molecule has 1 N–H and O–H groups in total. The Bertz CT molecular complexity index is 1790. The molecule has 1 unspecified atom stereocenters. The number of aliphatic hydroxyl groups is 1. The zero-order valence-electron chi connectivity index (χ0n) is 24.9. The number of Topliss-reactive ketones (excluding diaryl/α,β-unsaturated/α-hetero) is 1. The van der Waals surface area contributed by atoms with Gasteiger partial charge in [0.2, 0.25) is 5.13 Å². The van der Waals surface area contributed by atoms with Gasteiger partial charge in [-0.2, -0.15) is 0 Å². The number of nitrogens with zero attached hydrogens (tertiary/aromatic N) is 3. The average molecular weight is 699 g/mol. The van der Waals surface area contributed by atoms with Crippen molar-refractivity contribution in [1.29, 1.82) is 0 Å². The number of benzene rings is 3. The zero-order valence-corrected chi connectivity index (χ0v) is 28.0. The van der Waals surface area contributed by atoms with E-state index in [4.69, 9.17) is 37.4 Å². The predicted molar refractivity (Wildman–Crippen MR) is 182 cm³/mol. The van der Waals surface area contributed by atoms with Gasteiger partial charge in [0.25, 0.3) is 5.78 Å². The standard InChI is InChI=1S/C33H29Cl2N3O6S2/c1-4-15-44-25-14-10-20(16-26(25)43-6-3)28-27(29(39)19-8-12-23(13-9-19)42-5-2)30(40)31(41)38(28)32-36-37-33(46-32)45-18-21-7-11-22(34)17-24(21)35/h4,7-14,16-17,28,39H,1,5-6,15,18H2,2-3H3. The molecule has 1 fully saturated rings. The maximum atomic E-state index is 13.7. The van der Waals surface area contributed by atoms with Crippen molar-refractivity contribution in [2.24, 2.45) is 0 Å². The molecule has 238 valence electrons. The van der Waals surface area contributed by atoms with Gasteiger partial charge in [-0.3, -0.25) is 14.5 Å². The number of amides is 1. The number of thioether (sulfide) groups is 1. The summed E-state index contributed by atoms with van der Waals surface area (Å²) in [5.74, 6) is -0.100. The van der Waals surface area contributed by atoms with Crippen LogP contribution in [0.2, 0.25) is 10.0 Å². The van der Waals surface area contributed by atoms with E-state index < -0.39 is 17.7 Å². The van der Waals surface area contributed by atoms with Crippen LogP contribution in [0.25, 0.3) is 5.76 Å². The Hall–Kier alpha value is -4.03. The van der Waals surface area contributed by atoms with Gasteiger partial charge in [0.05, 0.1) is 24.8 Å². The van der Waals surface area contributed by atoms with Crippen LogP contribution in [0, 0.1) is 0 Å². The molecule has 1 atom stereocenters. The summed E-state index contributed by atoms with van der Waals surface area (Å²) in [7, 11) is 0. The molecular formula is C33H29Cl2N3O6S2. The Kier molecular flexibility index (Phi) is 10.9. The van der Waals surface area contributed by atoms with Gasteiger partial charge in [-0.25, -0.2) is 0 Å². The molecule has 13 heteroatoms. The van der Waals surface area contributed by atoms with Crippen LogP contribution in [0.15, 0.2) is 83.2 Å². The molecular weight excluding hydrogens is 669 g/mol. The summed E-state index contributed by atoms with van der Waals surface area (Å²) in [6, 6.07) is 15.9. The van der Waals surface area contributed by atoms with E-state index in [1.807, 2.05) is 19.9 Å². The van der Waals surface area contributed by atoms with Crippen molar-refractivity contribution in [3.05, 3.63) is 106 Å². The second-order valence-corrected chi connectivity index (χ2v) is 12.8. The van der Waals surface area contributed by atoms with Gasteiger partial charge >= 0.3 is 5.91 Å². The van der Waals surface area contributed by atoms with Crippen molar-refractivity contribution in [3.8, 4) is 17.2 Å². The highest BCUT2D eigenvalue weighted by Gasteiger charge is 2.48. The molecule has 1 amide bonds. The molecule has 0 aliphatic carbocycles. The number of hydrogen-bond donors (Lipinski definition) is 1. The molecule has 0 radical (unpaired) electrons. The van der Waals surface area contributed by atoms with Crippen molar-refractivity contribution in [1.82, 2.24) is 10.2 Å². The molecule has 5 rings (SSSR count). The molecule has 0 saturated carbocycles. The number of halogens is 2. The number of aliphatic hydroxyl groups excluding tert-OH is 1. The number of hydrogen-bond acceptors (Lipinski definition) is 10. The van der Waals surface area contributed by atoms with Crippen LogP contribution in [0.3, 0.4) is 0 Å².